The van der Waals surface area contributed by atoms with Crippen LogP contribution >= 0.6 is 0 Å². The number of ether oxygens (including phenoxy) is 1. The average molecular weight is 401 g/mol. The van der Waals surface area contributed by atoms with Gasteiger partial charge in [-0.2, -0.15) is 5.10 Å². The van der Waals surface area contributed by atoms with Crippen LogP contribution in [0.2, 0.25) is 0 Å². The van der Waals surface area contributed by atoms with Crippen LogP contribution < -0.4 is 16.4 Å². The molecule has 1 saturated carbocycles. The van der Waals surface area contributed by atoms with Crippen molar-refractivity contribution in [3.8, 4) is 11.1 Å². The van der Waals surface area contributed by atoms with Gasteiger partial charge in [0.1, 0.15) is 5.82 Å². The molecule has 1 saturated heterocycles. The number of carbonyl (C=O) groups excluding carboxylic acids is 1. The van der Waals surface area contributed by atoms with Crippen molar-refractivity contribution < 1.29 is 13.9 Å². The van der Waals surface area contributed by atoms with E-state index < -0.39 is 6.17 Å². The Hall–Kier alpha value is -2.29. The third kappa shape index (κ3) is 4.49. The summed E-state index contributed by atoms with van der Waals surface area (Å²) in [6, 6.07) is 5.34. The second kappa shape index (κ2) is 8.61. The Bertz CT molecular complexity index is 871. The molecule has 2 aliphatic rings. The highest BCUT2D eigenvalue weighted by atomic mass is 19.1. The summed E-state index contributed by atoms with van der Waals surface area (Å²) in [7, 11) is 1.64. The lowest BCUT2D eigenvalue weighted by atomic mass is 9.99. The summed E-state index contributed by atoms with van der Waals surface area (Å²) in [6.45, 7) is 1.21. The van der Waals surface area contributed by atoms with E-state index in [4.69, 9.17) is 10.5 Å². The van der Waals surface area contributed by atoms with E-state index in [9.17, 15) is 9.18 Å². The molecule has 29 heavy (non-hydrogen) atoms. The molecule has 2 bridgehead atoms. The van der Waals surface area contributed by atoms with Gasteiger partial charge in [-0.3, -0.25) is 9.48 Å². The molecule has 1 aromatic heterocycles. The molecule has 1 aliphatic carbocycles. The summed E-state index contributed by atoms with van der Waals surface area (Å²) < 4.78 is 21.4. The summed E-state index contributed by atoms with van der Waals surface area (Å²) >= 11 is 0. The van der Waals surface area contributed by atoms with Gasteiger partial charge < -0.3 is 21.1 Å². The number of carbonyl (C=O) groups is 1. The van der Waals surface area contributed by atoms with Crippen LogP contribution in [0.25, 0.3) is 11.1 Å². The minimum Gasteiger partial charge on any atom is -0.383 e. The Kier molecular flexibility index (Phi) is 5.94. The summed E-state index contributed by atoms with van der Waals surface area (Å²) in [5, 5.41) is 10.4. The van der Waals surface area contributed by atoms with Crippen molar-refractivity contribution in [3.05, 3.63) is 42.0 Å². The van der Waals surface area contributed by atoms with Gasteiger partial charge in [0.25, 0.3) is 0 Å². The number of aromatic nitrogens is 2. The maximum Gasteiger partial charge on any atom is 0.238 e. The van der Waals surface area contributed by atoms with E-state index in [-0.39, 0.29) is 24.2 Å². The monoisotopic (exact) mass is 401 g/mol. The van der Waals surface area contributed by atoms with Gasteiger partial charge >= 0.3 is 0 Å². The van der Waals surface area contributed by atoms with Gasteiger partial charge in [0.2, 0.25) is 5.91 Å². The molecule has 4 atom stereocenters. The first kappa shape index (κ1) is 20.0. The Morgan fingerprint density at radius 3 is 3.00 bits per heavy atom. The summed E-state index contributed by atoms with van der Waals surface area (Å²) in [6.07, 6.45) is 6.48. The largest absolute Gasteiger partial charge is 0.383 e. The van der Waals surface area contributed by atoms with Crippen LogP contribution in [0.1, 0.15) is 24.8 Å². The molecule has 156 valence electrons. The normalized spacial score (nSPS) is 24.0. The van der Waals surface area contributed by atoms with E-state index in [0.717, 1.165) is 30.4 Å². The van der Waals surface area contributed by atoms with Crippen molar-refractivity contribution in [2.45, 2.75) is 50.5 Å². The molecule has 0 spiro atoms. The standard InChI is InChI=1S/C21H28FN5O2/c1-29-7-6-27-12-16(11-24-27)13-2-3-14(18(22)9-13)10-19(23)26-21(28)20-15-4-5-17(8-15)25-20/h2-3,9,11-12,15,17,19-20,25H,4-8,10,23H2,1H3,(H,26,28). The topological polar surface area (TPSA) is 94.2 Å². The molecule has 4 N–H and O–H groups in total. The highest BCUT2D eigenvalue weighted by Gasteiger charge is 2.42. The molecule has 7 nitrogen and oxygen atoms in total. The first-order valence-electron chi connectivity index (χ1n) is 10.2. The SMILES string of the molecule is COCCn1cc(-c2ccc(CC(N)NC(=O)C3NC4CCC3C4)c(F)c2)cn1. The van der Waals surface area contributed by atoms with Crippen LogP contribution in [0.15, 0.2) is 30.6 Å². The minimum atomic E-state index is -0.624. The maximum absolute atomic E-state index is 14.6. The average Bonchev–Trinajstić information content (AvgIpc) is 3.44. The Labute approximate surface area is 169 Å². The molecule has 4 rings (SSSR count). The number of nitrogens with two attached hydrogens (primary N) is 1. The molecule has 0 radical (unpaired) electrons. The Balaban J connectivity index is 1.35. The van der Waals surface area contributed by atoms with Crippen molar-refractivity contribution in [3.63, 3.8) is 0 Å². The summed E-state index contributed by atoms with van der Waals surface area (Å²) in [5.41, 5.74) is 8.16. The number of hydrogen-bond acceptors (Lipinski definition) is 5. The third-order valence-electron chi connectivity index (χ3n) is 5.95. The zero-order valence-electron chi connectivity index (χ0n) is 16.6. The molecular weight excluding hydrogens is 373 g/mol. The van der Waals surface area contributed by atoms with Crippen molar-refractivity contribution in [2.24, 2.45) is 11.7 Å². The molecule has 2 aromatic rings. The zero-order chi connectivity index (χ0) is 20.4. The number of methoxy groups -OCH3 is 1. The second-order valence-electron chi connectivity index (χ2n) is 8.02. The fourth-order valence-corrected chi connectivity index (χ4v) is 4.42. The van der Waals surface area contributed by atoms with E-state index in [1.165, 1.54) is 6.07 Å². The summed E-state index contributed by atoms with van der Waals surface area (Å²) in [5.74, 6) is -0.0203. The van der Waals surface area contributed by atoms with E-state index in [1.807, 2.05) is 12.3 Å². The van der Waals surface area contributed by atoms with Gasteiger partial charge in [0, 0.05) is 31.3 Å². The van der Waals surface area contributed by atoms with Gasteiger partial charge in [-0.25, -0.2) is 4.39 Å². The van der Waals surface area contributed by atoms with Gasteiger partial charge in [0.05, 0.1) is 31.6 Å². The number of hydrogen-bond donors (Lipinski definition) is 3. The number of benzene rings is 1. The highest BCUT2D eigenvalue weighted by molar-refractivity contribution is 5.83. The lowest BCUT2D eigenvalue weighted by Gasteiger charge is -2.24. The van der Waals surface area contributed by atoms with Crippen molar-refractivity contribution >= 4 is 5.91 Å². The predicted molar refractivity (Wildman–Crippen MR) is 107 cm³/mol. The third-order valence-corrected chi connectivity index (χ3v) is 5.95. The summed E-state index contributed by atoms with van der Waals surface area (Å²) in [4.78, 5) is 12.5. The first-order chi connectivity index (χ1) is 14.0. The van der Waals surface area contributed by atoms with Crippen LogP contribution in [-0.2, 0) is 22.5 Å². The molecule has 8 heteroatoms. The molecule has 1 aliphatic heterocycles. The van der Waals surface area contributed by atoms with E-state index in [2.05, 4.69) is 15.7 Å². The second-order valence-corrected chi connectivity index (χ2v) is 8.02. The number of amides is 1. The fourth-order valence-electron chi connectivity index (χ4n) is 4.42. The Morgan fingerprint density at radius 1 is 1.45 bits per heavy atom. The maximum atomic E-state index is 14.6. The fraction of sp³-hybridized carbons (Fsp3) is 0.524. The van der Waals surface area contributed by atoms with E-state index >= 15 is 0 Å². The molecule has 4 unspecified atom stereocenters. The van der Waals surface area contributed by atoms with Crippen LogP contribution in [0.4, 0.5) is 4.39 Å². The van der Waals surface area contributed by atoms with Gasteiger partial charge in [-0.05, 0) is 42.4 Å². The van der Waals surface area contributed by atoms with Crippen LogP contribution in [0.5, 0.6) is 0 Å². The van der Waals surface area contributed by atoms with Crippen molar-refractivity contribution in [1.82, 2.24) is 20.4 Å². The number of rotatable bonds is 8. The molecule has 2 heterocycles. The number of nitrogens with zero attached hydrogens (tertiary/aromatic N) is 2. The van der Waals surface area contributed by atoms with Crippen molar-refractivity contribution in [2.75, 3.05) is 13.7 Å². The molecular formula is C21H28FN5O2. The number of nitrogens with one attached hydrogen (secondary N) is 2. The Morgan fingerprint density at radius 2 is 2.31 bits per heavy atom. The van der Waals surface area contributed by atoms with Gasteiger partial charge in [-0.1, -0.05) is 12.1 Å². The van der Waals surface area contributed by atoms with Gasteiger partial charge in [-0.15, -0.1) is 0 Å². The van der Waals surface area contributed by atoms with Gasteiger partial charge in [0.15, 0.2) is 0 Å². The van der Waals surface area contributed by atoms with E-state index in [1.54, 1.807) is 24.1 Å². The smallest absolute Gasteiger partial charge is 0.238 e. The lowest BCUT2D eigenvalue weighted by Crippen LogP contribution is -2.53. The first-order valence-corrected chi connectivity index (χ1v) is 10.2. The van der Waals surface area contributed by atoms with Crippen LogP contribution in [-0.4, -0.2) is 47.7 Å². The number of halogens is 1. The lowest BCUT2D eigenvalue weighted by molar-refractivity contribution is -0.124. The van der Waals surface area contributed by atoms with Crippen molar-refractivity contribution in [1.29, 1.82) is 0 Å². The highest BCUT2D eigenvalue weighted by Crippen LogP contribution is 2.35. The molecule has 2 fully saturated rings. The van der Waals surface area contributed by atoms with E-state index in [0.29, 0.717) is 30.7 Å². The zero-order valence-corrected chi connectivity index (χ0v) is 16.6. The number of fused-ring (bicyclic) bond motifs is 2. The quantitative estimate of drug-likeness (QED) is 0.582. The minimum absolute atomic E-state index is 0.0785. The van der Waals surface area contributed by atoms with Crippen LogP contribution in [0, 0.1) is 11.7 Å². The number of piperidine rings is 1. The molecule has 1 aromatic carbocycles. The van der Waals surface area contributed by atoms with Crippen LogP contribution in [0.3, 0.4) is 0 Å². The predicted octanol–water partition coefficient (Wildman–Crippen LogP) is 1.42. The molecule has 1 amide bonds.